The molecule has 0 radical (unpaired) electrons. The number of nitrogens with one attached hydrogen (secondary N) is 2. The van der Waals surface area contributed by atoms with Gasteiger partial charge in [0.1, 0.15) is 11.6 Å². The number of thiophene rings is 1. The van der Waals surface area contributed by atoms with E-state index in [1.54, 1.807) is 4.90 Å². The third-order valence-electron chi connectivity index (χ3n) is 6.08. The Kier molecular flexibility index (Phi) is 5.80. The first-order valence-corrected chi connectivity index (χ1v) is 11.9. The number of carbonyl (C=O) groups excluding carboxylic acids is 1. The number of hydrogen-bond donors (Lipinski definition) is 2. The molecule has 2 aliphatic rings. The third-order valence-corrected chi connectivity index (χ3v) is 7.23. The highest BCUT2D eigenvalue weighted by Gasteiger charge is 2.26. The van der Waals surface area contributed by atoms with Crippen LogP contribution in [0.2, 0.25) is 0 Å². The van der Waals surface area contributed by atoms with Crippen LogP contribution in [-0.2, 0) is 0 Å². The molecule has 32 heavy (non-hydrogen) atoms. The lowest BCUT2D eigenvalue weighted by Gasteiger charge is -2.29. The van der Waals surface area contributed by atoms with Crippen molar-refractivity contribution in [2.75, 3.05) is 50.5 Å². The minimum Gasteiger partial charge on any atom is -0.368 e. The lowest BCUT2D eigenvalue weighted by Crippen LogP contribution is -2.43. The summed E-state index contributed by atoms with van der Waals surface area (Å²) in [6, 6.07) is 6.16. The van der Waals surface area contributed by atoms with Crippen LogP contribution in [0.3, 0.4) is 0 Å². The van der Waals surface area contributed by atoms with Crippen LogP contribution in [-0.4, -0.2) is 61.0 Å². The second-order valence-corrected chi connectivity index (χ2v) is 9.54. The second-order valence-electron chi connectivity index (χ2n) is 8.49. The third kappa shape index (κ3) is 4.08. The maximum Gasteiger partial charge on any atom is 0.263 e. The lowest BCUT2D eigenvalue weighted by atomic mass is 9.95. The summed E-state index contributed by atoms with van der Waals surface area (Å²) >= 11 is 1.54. The Labute approximate surface area is 192 Å². The molecule has 0 spiro atoms. The Balaban J connectivity index is 1.44. The Morgan fingerprint density at radius 2 is 2.00 bits per heavy atom. The first-order chi connectivity index (χ1) is 15.6. The SMILES string of the molecule is CN(C)C(=O)c1sc2cnc(Nc3ccc(N4CCNCC4)cn3)cc2c1C1C=CCC1. The van der Waals surface area contributed by atoms with Crippen molar-refractivity contribution < 1.29 is 4.79 Å². The number of rotatable bonds is 5. The van der Waals surface area contributed by atoms with Gasteiger partial charge < -0.3 is 20.4 Å². The zero-order valence-electron chi connectivity index (χ0n) is 18.5. The average molecular weight is 449 g/mol. The molecule has 2 N–H and O–H groups in total. The maximum atomic E-state index is 12.9. The van der Waals surface area contributed by atoms with Crippen molar-refractivity contribution in [1.29, 1.82) is 0 Å². The molecule has 8 heteroatoms. The van der Waals surface area contributed by atoms with Crippen molar-refractivity contribution in [1.82, 2.24) is 20.2 Å². The molecule has 0 bridgehead atoms. The predicted octanol–water partition coefficient (Wildman–Crippen LogP) is 3.98. The van der Waals surface area contributed by atoms with Crippen LogP contribution in [0.15, 0.2) is 42.7 Å². The monoisotopic (exact) mass is 448 g/mol. The largest absolute Gasteiger partial charge is 0.368 e. The first kappa shape index (κ1) is 20.9. The minimum atomic E-state index is 0.0566. The van der Waals surface area contributed by atoms with E-state index < -0.39 is 0 Å². The summed E-state index contributed by atoms with van der Waals surface area (Å²) in [7, 11) is 3.61. The van der Waals surface area contributed by atoms with Gasteiger partial charge in [0.25, 0.3) is 5.91 Å². The highest BCUT2D eigenvalue weighted by molar-refractivity contribution is 7.21. The molecule has 1 atom stereocenters. The van der Waals surface area contributed by atoms with E-state index in [0.29, 0.717) is 0 Å². The number of fused-ring (bicyclic) bond motifs is 1. The minimum absolute atomic E-state index is 0.0566. The lowest BCUT2D eigenvalue weighted by molar-refractivity contribution is 0.0831. The van der Waals surface area contributed by atoms with Crippen LogP contribution >= 0.6 is 11.3 Å². The number of carbonyl (C=O) groups is 1. The molecule has 1 aliphatic heterocycles. The van der Waals surface area contributed by atoms with E-state index in [-0.39, 0.29) is 11.8 Å². The van der Waals surface area contributed by atoms with Crippen LogP contribution in [0.5, 0.6) is 0 Å². The second kappa shape index (κ2) is 8.88. The molecule has 0 saturated carbocycles. The molecule has 166 valence electrons. The van der Waals surface area contributed by atoms with Gasteiger partial charge >= 0.3 is 0 Å². The number of aromatic nitrogens is 2. The van der Waals surface area contributed by atoms with Crippen LogP contribution in [0.25, 0.3) is 10.1 Å². The summed E-state index contributed by atoms with van der Waals surface area (Å²) in [4.78, 5) is 26.9. The number of hydrogen-bond acceptors (Lipinski definition) is 7. The van der Waals surface area contributed by atoms with E-state index in [1.165, 1.54) is 11.3 Å². The Hall–Kier alpha value is -2.97. The Bertz CT molecular complexity index is 1150. The fourth-order valence-corrected chi connectivity index (χ4v) is 5.64. The summed E-state index contributed by atoms with van der Waals surface area (Å²) in [5.41, 5.74) is 2.27. The van der Waals surface area contributed by atoms with Gasteiger partial charge in [-0.25, -0.2) is 9.97 Å². The normalized spacial score (nSPS) is 18.3. The van der Waals surface area contributed by atoms with Crippen molar-refractivity contribution in [3.63, 3.8) is 0 Å². The van der Waals surface area contributed by atoms with Gasteiger partial charge in [-0.15, -0.1) is 11.3 Å². The molecular weight excluding hydrogens is 420 g/mol. The highest BCUT2D eigenvalue weighted by Crippen LogP contribution is 2.41. The van der Waals surface area contributed by atoms with Crippen LogP contribution in [0, 0.1) is 0 Å². The van der Waals surface area contributed by atoms with Crippen LogP contribution in [0.1, 0.15) is 34.0 Å². The van der Waals surface area contributed by atoms with E-state index >= 15 is 0 Å². The molecule has 3 aromatic heterocycles. The number of amides is 1. The fraction of sp³-hybridized carbons (Fsp3) is 0.375. The summed E-state index contributed by atoms with van der Waals surface area (Å²) < 4.78 is 1.04. The van der Waals surface area contributed by atoms with Gasteiger partial charge in [-0.2, -0.15) is 0 Å². The van der Waals surface area contributed by atoms with E-state index in [1.807, 2.05) is 32.6 Å². The van der Waals surface area contributed by atoms with Crippen molar-refractivity contribution in [2.24, 2.45) is 0 Å². The molecule has 1 amide bonds. The number of pyridine rings is 2. The molecular formula is C24H28N6OS. The van der Waals surface area contributed by atoms with E-state index in [0.717, 1.165) is 76.9 Å². The van der Waals surface area contributed by atoms with E-state index in [2.05, 4.69) is 49.8 Å². The molecule has 5 rings (SSSR count). The van der Waals surface area contributed by atoms with Gasteiger partial charge in [0.05, 0.1) is 21.5 Å². The van der Waals surface area contributed by atoms with Crippen LogP contribution < -0.4 is 15.5 Å². The summed E-state index contributed by atoms with van der Waals surface area (Å²) in [5.74, 6) is 1.83. The number of nitrogens with zero attached hydrogens (tertiary/aromatic N) is 4. The van der Waals surface area contributed by atoms with Gasteiger partial charge in [0.2, 0.25) is 0 Å². The molecule has 1 saturated heterocycles. The maximum absolute atomic E-state index is 12.9. The number of allylic oxidation sites excluding steroid dienone is 2. The topological polar surface area (TPSA) is 73.4 Å². The van der Waals surface area contributed by atoms with Gasteiger partial charge in [0, 0.05) is 57.8 Å². The average Bonchev–Trinajstić information content (AvgIpc) is 3.47. The smallest absolute Gasteiger partial charge is 0.263 e. The number of piperazine rings is 1. The summed E-state index contributed by atoms with van der Waals surface area (Å²) in [5, 5.41) is 7.82. The Morgan fingerprint density at radius 3 is 2.69 bits per heavy atom. The van der Waals surface area contributed by atoms with E-state index in [4.69, 9.17) is 0 Å². The van der Waals surface area contributed by atoms with Gasteiger partial charge in [-0.1, -0.05) is 12.2 Å². The molecule has 1 fully saturated rings. The first-order valence-electron chi connectivity index (χ1n) is 11.1. The zero-order valence-corrected chi connectivity index (χ0v) is 19.3. The van der Waals surface area contributed by atoms with Crippen molar-refractivity contribution in [2.45, 2.75) is 18.8 Å². The molecule has 3 aromatic rings. The molecule has 4 heterocycles. The van der Waals surface area contributed by atoms with Crippen molar-refractivity contribution >= 4 is 44.7 Å². The summed E-state index contributed by atoms with van der Waals surface area (Å²) in [6.07, 6.45) is 10.3. The van der Waals surface area contributed by atoms with Crippen molar-refractivity contribution in [3.05, 3.63) is 53.2 Å². The van der Waals surface area contributed by atoms with Crippen molar-refractivity contribution in [3.8, 4) is 0 Å². The zero-order chi connectivity index (χ0) is 22.1. The molecule has 7 nitrogen and oxygen atoms in total. The molecule has 0 aromatic carbocycles. The predicted molar refractivity (Wildman–Crippen MR) is 131 cm³/mol. The Morgan fingerprint density at radius 1 is 1.19 bits per heavy atom. The van der Waals surface area contributed by atoms with Gasteiger partial charge in [0.15, 0.2) is 0 Å². The summed E-state index contributed by atoms with van der Waals surface area (Å²) in [6.45, 7) is 4.00. The van der Waals surface area contributed by atoms with Gasteiger partial charge in [-0.3, -0.25) is 4.79 Å². The highest BCUT2D eigenvalue weighted by atomic mass is 32.1. The fourth-order valence-electron chi connectivity index (χ4n) is 4.39. The molecule has 1 unspecified atom stereocenters. The van der Waals surface area contributed by atoms with Gasteiger partial charge in [-0.05, 0) is 36.6 Å². The quantitative estimate of drug-likeness (QED) is 0.575. The number of anilines is 3. The molecule has 1 aliphatic carbocycles. The van der Waals surface area contributed by atoms with E-state index in [9.17, 15) is 4.79 Å². The standard InChI is InChI=1S/C24H28N6OS/c1-29(2)24(31)23-22(16-5-3-4-6-16)18-13-21(27-15-19(18)32-23)28-20-8-7-17(14-26-20)30-11-9-25-10-12-30/h3,5,7-8,13-16,25H,4,6,9-12H2,1-2H3,(H,26,27,28). The van der Waals surface area contributed by atoms with Crippen LogP contribution in [0.4, 0.5) is 17.3 Å².